The Hall–Kier alpha value is -6.43. The molecule has 0 bridgehead atoms. The van der Waals surface area contributed by atoms with Crippen molar-refractivity contribution in [2.24, 2.45) is 0 Å². The normalized spacial score (nSPS) is 13.4. The number of nitrogens with zero attached hydrogens (tertiary/aromatic N) is 4. The van der Waals surface area contributed by atoms with Gasteiger partial charge in [-0.05, 0) is 57.6 Å². The molecule has 0 fully saturated rings. The van der Waals surface area contributed by atoms with Crippen LogP contribution in [0.5, 0.6) is 0 Å². The number of fused-ring (bicyclic) bond motifs is 8. The maximum atomic E-state index is 5.23. The summed E-state index contributed by atoms with van der Waals surface area (Å²) >= 11 is 1.85. The standard InChI is InChI=1S/C47H30N4S/c1-3-14-33(15-4-1)45-48-29-36(30-49-45)42-28-41(50-46(51-42)34-16-5-2-6-17-34)35-26-25-32-24-23-31-13-7-8-18-37(31)47(40(32)27-35)38-19-9-11-21-43(38)52-44-22-12-10-20-39(44)47/h1-30H. The smallest absolute Gasteiger partial charge is 0.160 e. The highest BCUT2D eigenvalue weighted by Gasteiger charge is 2.46. The Kier molecular flexibility index (Phi) is 7.25. The van der Waals surface area contributed by atoms with Crippen molar-refractivity contribution < 1.29 is 0 Å². The van der Waals surface area contributed by atoms with E-state index in [9.17, 15) is 0 Å². The van der Waals surface area contributed by atoms with E-state index in [2.05, 4.69) is 121 Å². The summed E-state index contributed by atoms with van der Waals surface area (Å²) in [7, 11) is 0. The van der Waals surface area contributed by atoms with Gasteiger partial charge in [-0.3, -0.25) is 0 Å². The Bertz CT molecular complexity index is 2610. The molecule has 8 aromatic rings. The van der Waals surface area contributed by atoms with Gasteiger partial charge in [0.25, 0.3) is 0 Å². The molecule has 0 saturated carbocycles. The van der Waals surface area contributed by atoms with Crippen LogP contribution in [-0.4, -0.2) is 19.9 Å². The lowest BCUT2D eigenvalue weighted by Crippen LogP contribution is -2.35. The molecule has 0 atom stereocenters. The van der Waals surface area contributed by atoms with Crippen LogP contribution in [0.3, 0.4) is 0 Å². The summed E-state index contributed by atoms with van der Waals surface area (Å²) in [6.07, 6.45) is 8.26. The van der Waals surface area contributed by atoms with E-state index in [-0.39, 0.29) is 0 Å². The van der Waals surface area contributed by atoms with Crippen LogP contribution >= 0.6 is 11.8 Å². The van der Waals surface area contributed by atoms with Gasteiger partial charge in [-0.2, -0.15) is 0 Å². The third kappa shape index (κ3) is 4.93. The first-order chi connectivity index (χ1) is 25.8. The Morgan fingerprint density at radius 1 is 0.385 bits per heavy atom. The predicted molar refractivity (Wildman–Crippen MR) is 211 cm³/mol. The maximum absolute atomic E-state index is 5.23. The van der Waals surface area contributed by atoms with Crippen LogP contribution in [0.4, 0.5) is 0 Å². The van der Waals surface area contributed by atoms with Crippen LogP contribution in [0, 0.1) is 0 Å². The Morgan fingerprint density at radius 2 is 0.904 bits per heavy atom. The minimum Gasteiger partial charge on any atom is -0.236 e. The third-order valence-corrected chi connectivity index (χ3v) is 11.3. The van der Waals surface area contributed by atoms with Gasteiger partial charge in [0, 0.05) is 44.4 Å². The van der Waals surface area contributed by atoms with Gasteiger partial charge in [-0.25, -0.2) is 19.9 Å². The Labute approximate surface area is 306 Å². The van der Waals surface area contributed by atoms with E-state index < -0.39 is 5.41 Å². The Morgan fingerprint density at radius 3 is 1.56 bits per heavy atom. The van der Waals surface area contributed by atoms with Gasteiger partial charge in [0.2, 0.25) is 0 Å². The minimum atomic E-state index is -0.552. The number of benzene rings is 6. The first-order valence-corrected chi connectivity index (χ1v) is 18.2. The van der Waals surface area contributed by atoms with Crippen LogP contribution in [0.1, 0.15) is 33.4 Å². The summed E-state index contributed by atoms with van der Waals surface area (Å²) in [5.74, 6) is 1.33. The summed E-state index contributed by atoms with van der Waals surface area (Å²) < 4.78 is 0. The largest absolute Gasteiger partial charge is 0.236 e. The fourth-order valence-corrected chi connectivity index (χ4v) is 8.92. The summed E-state index contributed by atoms with van der Waals surface area (Å²) in [6, 6.07) is 55.7. The molecular formula is C47H30N4S. The zero-order valence-corrected chi connectivity index (χ0v) is 28.8. The molecule has 5 heteroatoms. The van der Waals surface area contributed by atoms with E-state index in [1.54, 1.807) is 0 Å². The van der Waals surface area contributed by atoms with Crippen LogP contribution < -0.4 is 0 Å². The van der Waals surface area contributed by atoms with Crippen LogP contribution in [0.2, 0.25) is 0 Å². The zero-order chi connectivity index (χ0) is 34.5. The van der Waals surface area contributed by atoms with Crippen molar-refractivity contribution in [3.05, 3.63) is 203 Å². The average Bonchev–Trinajstić information content (AvgIpc) is 3.36. The maximum Gasteiger partial charge on any atom is 0.160 e. The molecule has 4 nitrogen and oxygen atoms in total. The molecule has 1 aliphatic heterocycles. The van der Waals surface area contributed by atoms with Crippen molar-refractivity contribution in [3.8, 4) is 45.3 Å². The summed E-state index contributed by atoms with van der Waals surface area (Å²) in [4.78, 5) is 22.3. The van der Waals surface area contributed by atoms with Crippen molar-refractivity contribution in [2.75, 3.05) is 0 Å². The fraction of sp³-hybridized carbons (Fsp3) is 0.0213. The van der Waals surface area contributed by atoms with E-state index in [4.69, 9.17) is 19.9 Å². The molecule has 1 aliphatic carbocycles. The molecule has 3 heterocycles. The van der Waals surface area contributed by atoms with Crippen LogP contribution in [0.15, 0.2) is 180 Å². The number of hydrogen-bond acceptors (Lipinski definition) is 5. The van der Waals surface area contributed by atoms with Gasteiger partial charge in [-0.15, -0.1) is 0 Å². The zero-order valence-electron chi connectivity index (χ0n) is 28.0. The average molecular weight is 683 g/mol. The fourth-order valence-electron chi connectivity index (χ4n) is 7.72. The lowest BCUT2D eigenvalue weighted by molar-refractivity contribution is 0.701. The van der Waals surface area contributed by atoms with Gasteiger partial charge < -0.3 is 0 Å². The van der Waals surface area contributed by atoms with E-state index in [0.717, 1.165) is 33.6 Å². The van der Waals surface area contributed by atoms with E-state index in [0.29, 0.717) is 11.6 Å². The molecule has 2 aliphatic rings. The van der Waals surface area contributed by atoms with Crippen molar-refractivity contribution in [1.29, 1.82) is 0 Å². The molecule has 6 aromatic carbocycles. The van der Waals surface area contributed by atoms with Crippen LogP contribution in [0.25, 0.3) is 57.4 Å². The third-order valence-electron chi connectivity index (χ3n) is 10.1. The summed E-state index contributed by atoms with van der Waals surface area (Å²) in [5, 5.41) is 0. The van der Waals surface area contributed by atoms with Gasteiger partial charge in [0.1, 0.15) is 0 Å². The van der Waals surface area contributed by atoms with Crippen molar-refractivity contribution >= 4 is 23.9 Å². The molecular weight excluding hydrogens is 653 g/mol. The molecule has 1 spiro atoms. The molecule has 0 radical (unpaired) electrons. The van der Waals surface area contributed by atoms with Crippen molar-refractivity contribution in [2.45, 2.75) is 15.2 Å². The topological polar surface area (TPSA) is 51.6 Å². The molecule has 244 valence electrons. The highest BCUT2D eigenvalue weighted by atomic mass is 32.2. The molecule has 0 unspecified atom stereocenters. The van der Waals surface area contributed by atoms with E-state index in [1.807, 2.05) is 72.7 Å². The number of hydrogen-bond donors (Lipinski definition) is 0. The lowest BCUT2D eigenvalue weighted by atomic mass is 9.63. The molecule has 0 amide bonds. The highest BCUT2D eigenvalue weighted by Crippen LogP contribution is 2.58. The summed E-state index contributed by atoms with van der Waals surface area (Å²) in [6.45, 7) is 0. The Balaban J connectivity index is 1.21. The molecule has 2 aromatic heterocycles. The second-order valence-corrected chi connectivity index (χ2v) is 14.1. The summed E-state index contributed by atoms with van der Waals surface area (Å²) in [5.41, 5.74) is 12.3. The van der Waals surface area contributed by atoms with Crippen LogP contribution in [-0.2, 0) is 5.41 Å². The van der Waals surface area contributed by atoms with Crippen molar-refractivity contribution in [3.63, 3.8) is 0 Å². The SMILES string of the molecule is C1=Cc2ccc(-c3cc(-c4cnc(-c5ccccc5)nc4)nc(-c4ccccc4)n3)cc2C2(c3ccccc31)c1ccccc1Sc1ccccc12. The highest BCUT2D eigenvalue weighted by molar-refractivity contribution is 7.99. The quantitative estimate of drug-likeness (QED) is 0.185. The monoisotopic (exact) mass is 682 g/mol. The first-order valence-electron chi connectivity index (χ1n) is 17.4. The predicted octanol–water partition coefficient (Wildman–Crippen LogP) is 11.3. The van der Waals surface area contributed by atoms with E-state index in [1.165, 1.54) is 43.2 Å². The van der Waals surface area contributed by atoms with Crippen molar-refractivity contribution in [1.82, 2.24) is 19.9 Å². The molecule has 10 rings (SSSR count). The van der Waals surface area contributed by atoms with E-state index >= 15 is 0 Å². The second kappa shape index (κ2) is 12.4. The second-order valence-electron chi connectivity index (χ2n) is 13.1. The number of aromatic nitrogens is 4. The molecule has 0 N–H and O–H groups in total. The van der Waals surface area contributed by atoms with Gasteiger partial charge in [0.05, 0.1) is 16.8 Å². The molecule has 0 saturated heterocycles. The first kappa shape index (κ1) is 30.4. The lowest BCUT2D eigenvalue weighted by Gasteiger charge is -2.42. The van der Waals surface area contributed by atoms with Gasteiger partial charge in [-0.1, -0.05) is 157 Å². The van der Waals surface area contributed by atoms with Gasteiger partial charge in [0.15, 0.2) is 11.6 Å². The minimum absolute atomic E-state index is 0.552. The molecule has 52 heavy (non-hydrogen) atoms. The number of rotatable bonds is 4. The van der Waals surface area contributed by atoms with Gasteiger partial charge >= 0.3 is 0 Å².